The first-order chi connectivity index (χ1) is 6.95. The molecule has 0 fully saturated rings. The van der Waals surface area contributed by atoms with Gasteiger partial charge in [-0.25, -0.2) is 0 Å². The van der Waals surface area contributed by atoms with Gasteiger partial charge in [-0.2, -0.15) is 0 Å². The lowest BCUT2D eigenvalue weighted by molar-refractivity contribution is -0.138. The maximum Gasteiger partial charge on any atom is 0.227 e. The number of amides is 1. The van der Waals surface area contributed by atoms with Gasteiger partial charge >= 0.3 is 0 Å². The molecule has 0 bridgehead atoms. The fourth-order valence-corrected chi connectivity index (χ4v) is 1.73. The van der Waals surface area contributed by atoms with Crippen LogP contribution in [0.15, 0.2) is 0 Å². The number of hydrogen-bond acceptors (Lipinski definition) is 2. The van der Waals surface area contributed by atoms with Crippen LogP contribution in [0, 0.1) is 11.8 Å². The SMILES string of the molecule is CCCN(C(=O)C(CN)C(C)C)C(C)C. The molecule has 0 aromatic heterocycles. The highest BCUT2D eigenvalue weighted by Gasteiger charge is 2.26. The van der Waals surface area contributed by atoms with Gasteiger partial charge in [0, 0.05) is 19.1 Å². The van der Waals surface area contributed by atoms with Crippen LogP contribution in [-0.2, 0) is 4.79 Å². The van der Waals surface area contributed by atoms with Gasteiger partial charge in [0.2, 0.25) is 5.91 Å². The van der Waals surface area contributed by atoms with Crippen molar-refractivity contribution >= 4 is 5.91 Å². The Morgan fingerprint density at radius 1 is 1.27 bits per heavy atom. The standard InChI is InChI=1S/C12H26N2O/c1-6-7-14(10(4)5)12(15)11(8-13)9(2)3/h9-11H,6-8,13H2,1-5H3. The molecular weight excluding hydrogens is 188 g/mol. The van der Waals surface area contributed by atoms with Gasteiger partial charge in [-0.15, -0.1) is 0 Å². The molecule has 3 heteroatoms. The molecule has 1 atom stereocenters. The zero-order chi connectivity index (χ0) is 12.0. The zero-order valence-electron chi connectivity index (χ0n) is 10.8. The smallest absolute Gasteiger partial charge is 0.227 e. The number of carbonyl (C=O) groups is 1. The predicted octanol–water partition coefficient (Wildman–Crippen LogP) is 1.86. The first-order valence-corrected chi connectivity index (χ1v) is 5.96. The van der Waals surface area contributed by atoms with E-state index < -0.39 is 0 Å². The van der Waals surface area contributed by atoms with E-state index in [4.69, 9.17) is 5.73 Å². The quantitative estimate of drug-likeness (QED) is 0.733. The minimum Gasteiger partial charge on any atom is -0.340 e. The van der Waals surface area contributed by atoms with Crippen LogP contribution in [0.25, 0.3) is 0 Å². The summed E-state index contributed by atoms with van der Waals surface area (Å²) in [5, 5.41) is 0. The van der Waals surface area contributed by atoms with Gasteiger partial charge in [0.25, 0.3) is 0 Å². The van der Waals surface area contributed by atoms with E-state index in [1.165, 1.54) is 0 Å². The highest BCUT2D eigenvalue weighted by Crippen LogP contribution is 2.15. The van der Waals surface area contributed by atoms with Crippen LogP contribution in [0.5, 0.6) is 0 Å². The summed E-state index contributed by atoms with van der Waals surface area (Å²) in [6, 6.07) is 0.269. The summed E-state index contributed by atoms with van der Waals surface area (Å²) in [6.07, 6.45) is 0.999. The molecule has 1 amide bonds. The van der Waals surface area contributed by atoms with Crippen molar-refractivity contribution < 1.29 is 4.79 Å². The third-order valence-electron chi connectivity index (χ3n) is 2.75. The molecule has 0 radical (unpaired) electrons. The van der Waals surface area contributed by atoms with Crippen molar-refractivity contribution in [2.24, 2.45) is 17.6 Å². The van der Waals surface area contributed by atoms with Crippen LogP contribution < -0.4 is 5.73 Å². The third-order valence-corrected chi connectivity index (χ3v) is 2.75. The second kappa shape index (κ2) is 6.83. The minimum atomic E-state index is -0.0288. The average Bonchev–Trinajstić information content (AvgIpc) is 2.13. The van der Waals surface area contributed by atoms with Gasteiger partial charge < -0.3 is 10.6 Å². The molecule has 0 saturated carbocycles. The van der Waals surface area contributed by atoms with E-state index in [0.717, 1.165) is 13.0 Å². The fourth-order valence-electron chi connectivity index (χ4n) is 1.73. The van der Waals surface area contributed by atoms with E-state index >= 15 is 0 Å². The van der Waals surface area contributed by atoms with Crippen molar-refractivity contribution in [2.45, 2.75) is 47.1 Å². The molecule has 15 heavy (non-hydrogen) atoms. The van der Waals surface area contributed by atoms with Gasteiger partial charge in [-0.3, -0.25) is 4.79 Å². The second-order valence-corrected chi connectivity index (χ2v) is 4.71. The second-order valence-electron chi connectivity index (χ2n) is 4.71. The van der Waals surface area contributed by atoms with Crippen molar-refractivity contribution in [1.82, 2.24) is 4.90 Å². The molecule has 3 nitrogen and oxygen atoms in total. The van der Waals surface area contributed by atoms with Gasteiger partial charge in [-0.05, 0) is 26.2 Å². The normalized spacial score (nSPS) is 13.3. The monoisotopic (exact) mass is 214 g/mol. The number of nitrogens with two attached hydrogens (primary N) is 1. The lowest BCUT2D eigenvalue weighted by atomic mass is 9.94. The average molecular weight is 214 g/mol. The molecule has 0 spiro atoms. The Labute approximate surface area is 94.0 Å². The van der Waals surface area contributed by atoms with E-state index in [0.29, 0.717) is 12.5 Å². The topological polar surface area (TPSA) is 46.3 Å². The summed E-state index contributed by atoms with van der Waals surface area (Å²) in [4.78, 5) is 14.1. The Hall–Kier alpha value is -0.570. The number of rotatable bonds is 6. The van der Waals surface area contributed by atoms with E-state index in [-0.39, 0.29) is 17.9 Å². The van der Waals surface area contributed by atoms with Gasteiger partial charge in [0.1, 0.15) is 0 Å². The number of hydrogen-bond donors (Lipinski definition) is 1. The Balaban J connectivity index is 4.59. The number of carbonyl (C=O) groups excluding carboxylic acids is 1. The Morgan fingerprint density at radius 2 is 1.80 bits per heavy atom. The van der Waals surface area contributed by atoms with Crippen molar-refractivity contribution in [1.29, 1.82) is 0 Å². The molecule has 0 heterocycles. The molecule has 0 rings (SSSR count). The largest absolute Gasteiger partial charge is 0.340 e. The third kappa shape index (κ3) is 4.20. The van der Waals surface area contributed by atoms with Crippen LogP contribution in [0.1, 0.15) is 41.0 Å². The first kappa shape index (κ1) is 14.4. The molecule has 0 aromatic rings. The van der Waals surface area contributed by atoms with E-state index in [1.807, 2.05) is 4.90 Å². The van der Waals surface area contributed by atoms with E-state index in [2.05, 4.69) is 34.6 Å². The molecule has 90 valence electrons. The van der Waals surface area contributed by atoms with Gasteiger partial charge in [0.05, 0.1) is 5.92 Å². The lowest BCUT2D eigenvalue weighted by Gasteiger charge is -2.31. The lowest BCUT2D eigenvalue weighted by Crippen LogP contribution is -2.45. The van der Waals surface area contributed by atoms with Crippen LogP contribution in [0.4, 0.5) is 0 Å². The molecule has 0 saturated heterocycles. The van der Waals surface area contributed by atoms with Crippen LogP contribution in [-0.4, -0.2) is 29.9 Å². The molecule has 1 unspecified atom stereocenters. The van der Waals surface area contributed by atoms with Crippen LogP contribution in [0.3, 0.4) is 0 Å². The minimum absolute atomic E-state index is 0.0288. The van der Waals surface area contributed by atoms with Crippen LogP contribution >= 0.6 is 0 Å². The number of nitrogens with zero attached hydrogens (tertiary/aromatic N) is 1. The Morgan fingerprint density at radius 3 is 2.07 bits per heavy atom. The van der Waals surface area contributed by atoms with Crippen molar-refractivity contribution in [3.05, 3.63) is 0 Å². The predicted molar refractivity (Wildman–Crippen MR) is 64.5 cm³/mol. The molecule has 0 aromatic carbocycles. The summed E-state index contributed by atoms with van der Waals surface area (Å²) in [6.45, 7) is 11.6. The van der Waals surface area contributed by atoms with E-state index in [1.54, 1.807) is 0 Å². The summed E-state index contributed by atoms with van der Waals surface area (Å²) in [5.41, 5.74) is 5.66. The first-order valence-electron chi connectivity index (χ1n) is 5.96. The summed E-state index contributed by atoms with van der Waals surface area (Å²) in [5.74, 6) is 0.504. The summed E-state index contributed by atoms with van der Waals surface area (Å²) in [7, 11) is 0. The highest BCUT2D eigenvalue weighted by atomic mass is 16.2. The summed E-state index contributed by atoms with van der Waals surface area (Å²) >= 11 is 0. The molecule has 2 N–H and O–H groups in total. The van der Waals surface area contributed by atoms with Gasteiger partial charge in [0.15, 0.2) is 0 Å². The van der Waals surface area contributed by atoms with Crippen molar-refractivity contribution in [3.8, 4) is 0 Å². The maximum atomic E-state index is 12.2. The van der Waals surface area contributed by atoms with E-state index in [9.17, 15) is 4.79 Å². The fraction of sp³-hybridized carbons (Fsp3) is 0.917. The maximum absolute atomic E-state index is 12.2. The Kier molecular flexibility index (Phi) is 6.57. The van der Waals surface area contributed by atoms with Crippen molar-refractivity contribution in [2.75, 3.05) is 13.1 Å². The van der Waals surface area contributed by atoms with Gasteiger partial charge in [-0.1, -0.05) is 20.8 Å². The highest BCUT2D eigenvalue weighted by molar-refractivity contribution is 5.79. The van der Waals surface area contributed by atoms with Crippen LogP contribution in [0.2, 0.25) is 0 Å². The zero-order valence-corrected chi connectivity index (χ0v) is 10.8. The summed E-state index contributed by atoms with van der Waals surface area (Å²) < 4.78 is 0. The molecular formula is C12H26N2O. The van der Waals surface area contributed by atoms with Crippen molar-refractivity contribution in [3.63, 3.8) is 0 Å². The molecule has 0 aliphatic carbocycles. The molecule has 0 aliphatic rings. The Bertz CT molecular complexity index is 190. The molecule has 0 aliphatic heterocycles.